The molecule has 0 saturated heterocycles. The van der Waals surface area contributed by atoms with Gasteiger partial charge in [0.05, 0.1) is 0 Å². The molecule has 82 heavy (non-hydrogen) atoms. The van der Waals surface area contributed by atoms with E-state index in [-0.39, 0.29) is 0 Å². The summed E-state index contributed by atoms with van der Waals surface area (Å²) in [4.78, 5) is 5.29. The number of nitrogens with zero attached hydrogens (tertiary/aromatic N) is 1. The van der Waals surface area contributed by atoms with Crippen molar-refractivity contribution in [3.8, 4) is 11.1 Å². The molecule has 1 aliphatic heterocycles. The van der Waals surface area contributed by atoms with Crippen molar-refractivity contribution in [3.05, 3.63) is 312 Å². The molecule has 4 heteroatoms. The third-order valence-electron chi connectivity index (χ3n) is 17.1. The van der Waals surface area contributed by atoms with Crippen molar-refractivity contribution < 1.29 is 4.42 Å². The van der Waals surface area contributed by atoms with Crippen molar-refractivity contribution in [2.24, 2.45) is 0 Å². The fourth-order valence-electron chi connectivity index (χ4n) is 13.2. The molecule has 1 atom stereocenters. The van der Waals surface area contributed by atoms with Crippen molar-refractivity contribution in [2.45, 2.75) is 17.2 Å². The SMILES string of the molecule is C1=C(c2cc(N(c3cccc4ccccc34)c3cccc4ccccc34)cc(I(c3ccc4ccccc4c3)c3ccc4ccccc4c3)c2)C=C2Sc3cc(-c4ccc5c(c4)oc4c6ccccc6c6ccccc6c54)ccc3C2C1. The van der Waals surface area contributed by atoms with Gasteiger partial charge in [-0.1, -0.05) is 48.5 Å². The van der Waals surface area contributed by atoms with Crippen molar-refractivity contribution >= 4 is 141 Å². The molecule has 0 spiro atoms. The van der Waals surface area contributed by atoms with Crippen LogP contribution in [0.5, 0.6) is 0 Å². The van der Waals surface area contributed by atoms with Gasteiger partial charge in [-0.3, -0.25) is 0 Å². The van der Waals surface area contributed by atoms with Crippen LogP contribution in [-0.4, -0.2) is 0 Å². The molecule has 17 rings (SSSR count). The van der Waals surface area contributed by atoms with Crippen LogP contribution in [-0.2, 0) is 0 Å². The van der Waals surface area contributed by atoms with Crippen LogP contribution < -0.4 is 4.90 Å². The Kier molecular flexibility index (Phi) is 11.2. The summed E-state index contributed by atoms with van der Waals surface area (Å²) in [7, 11) is 0. The average Bonchev–Trinajstić information content (AvgIpc) is 2.72. The Labute approximate surface area is 486 Å². The molecule has 0 amide bonds. The molecule has 15 aromatic rings. The Hall–Kier alpha value is -9.20. The fraction of sp³-hybridized carbons (Fsp3) is 0.0256. The minimum atomic E-state index is -2.48. The third kappa shape index (κ3) is 7.84. The Balaban J connectivity index is 0.820. The van der Waals surface area contributed by atoms with Crippen LogP contribution in [0.25, 0.3) is 103 Å². The molecule has 1 aliphatic carbocycles. The predicted molar refractivity (Wildman–Crippen MR) is 358 cm³/mol. The van der Waals surface area contributed by atoms with E-state index in [2.05, 4.69) is 290 Å². The third-order valence-corrected chi connectivity index (χ3v) is 24.0. The van der Waals surface area contributed by atoms with E-state index in [1.807, 2.05) is 11.8 Å². The maximum absolute atomic E-state index is 6.86. The predicted octanol–water partition coefficient (Wildman–Crippen LogP) is 22.6. The van der Waals surface area contributed by atoms with Gasteiger partial charge in [0.2, 0.25) is 0 Å². The normalized spacial score (nSPS) is 14.2. The van der Waals surface area contributed by atoms with Crippen LogP contribution in [0.1, 0.15) is 23.5 Å². The Bertz CT molecular complexity index is 5050. The van der Waals surface area contributed by atoms with Gasteiger partial charge in [0.1, 0.15) is 11.2 Å². The minimum absolute atomic E-state index is 0.307. The number of fused-ring (bicyclic) bond motifs is 15. The number of furan rings is 1. The van der Waals surface area contributed by atoms with Gasteiger partial charge in [0.15, 0.2) is 0 Å². The van der Waals surface area contributed by atoms with Crippen LogP contribution in [0.2, 0.25) is 0 Å². The molecule has 2 aliphatic rings. The van der Waals surface area contributed by atoms with Crippen LogP contribution in [0.4, 0.5) is 17.1 Å². The van der Waals surface area contributed by atoms with Gasteiger partial charge >= 0.3 is 388 Å². The van der Waals surface area contributed by atoms with E-state index >= 15 is 0 Å². The van der Waals surface area contributed by atoms with Gasteiger partial charge in [-0.15, -0.1) is 0 Å². The number of hydrogen-bond acceptors (Lipinski definition) is 3. The summed E-state index contributed by atoms with van der Waals surface area (Å²) in [5, 5.41) is 17.1. The Morgan fingerprint density at radius 3 is 1.61 bits per heavy atom. The number of benzene rings is 14. The fourth-order valence-corrected chi connectivity index (χ4v) is 20.3. The van der Waals surface area contributed by atoms with Crippen LogP contribution in [0, 0.1) is 10.7 Å². The van der Waals surface area contributed by atoms with E-state index in [9.17, 15) is 0 Å². The first-order valence-corrected chi connectivity index (χ1v) is 32.3. The van der Waals surface area contributed by atoms with Gasteiger partial charge in [-0.05, 0) is 22.2 Å². The zero-order chi connectivity index (χ0) is 53.8. The molecule has 14 aromatic carbocycles. The van der Waals surface area contributed by atoms with E-state index in [1.165, 1.54) is 107 Å². The van der Waals surface area contributed by atoms with Crippen LogP contribution >= 0.6 is 31.6 Å². The number of hydrogen-bond donors (Lipinski definition) is 0. The summed E-state index contributed by atoms with van der Waals surface area (Å²) in [5.74, 6) is 0.307. The molecule has 0 fully saturated rings. The van der Waals surface area contributed by atoms with Gasteiger partial charge in [0.25, 0.3) is 0 Å². The summed E-state index contributed by atoms with van der Waals surface area (Å²) in [5.41, 5.74) is 11.6. The van der Waals surface area contributed by atoms with Gasteiger partial charge in [-0.2, -0.15) is 0 Å². The van der Waals surface area contributed by atoms with Gasteiger partial charge in [0, 0.05) is 16.2 Å². The molecular formula is C78H50INOS. The maximum atomic E-state index is 6.86. The summed E-state index contributed by atoms with van der Waals surface area (Å²) in [6.07, 6.45) is 5.97. The molecule has 0 saturated carbocycles. The quantitative estimate of drug-likeness (QED) is 0.111. The summed E-state index contributed by atoms with van der Waals surface area (Å²) < 4.78 is 11.1. The number of anilines is 3. The number of thioether (sulfide) groups is 1. The molecule has 1 aromatic heterocycles. The Morgan fingerprint density at radius 1 is 0.390 bits per heavy atom. The molecule has 1 unspecified atom stereocenters. The van der Waals surface area contributed by atoms with E-state index in [1.54, 1.807) is 0 Å². The molecular weight excluding hydrogens is 1130 g/mol. The second-order valence-electron chi connectivity index (χ2n) is 21.8. The first kappa shape index (κ1) is 47.6. The van der Waals surface area contributed by atoms with Gasteiger partial charge < -0.3 is 4.42 Å². The number of rotatable bonds is 8. The van der Waals surface area contributed by atoms with E-state index in [0.717, 1.165) is 51.0 Å². The molecule has 386 valence electrons. The van der Waals surface area contributed by atoms with Crippen molar-refractivity contribution in [1.82, 2.24) is 0 Å². The number of allylic oxidation sites excluding steroid dienone is 4. The van der Waals surface area contributed by atoms with Crippen molar-refractivity contribution in [3.63, 3.8) is 0 Å². The topological polar surface area (TPSA) is 16.4 Å². The molecule has 2 heterocycles. The first-order chi connectivity index (χ1) is 40.6. The number of halogens is 1. The summed E-state index contributed by atoms with van der Waals surface area (Å²) in [6, 6.07) is 102. The van der Waals surface area contributed by atoms with Crippen LogP contribution in [0.15, 0.2) is 299 Å². The monoisotopic (exact) mass is 1180 g/mol. The molecule has 0 bridgehead atoms. The zero-order valence-electron chi connectivity index (χ0n) is 44.6. The second kappa shape index (κ2) is 19.2. The molecule has 2 nitrogen and oxygen atoms in total. The zero-order valence-corrected chi connectivity index (χ0v) is 47.5. The standard InChI is InChI=1S/C78H50INOS/c1-3-19-53-41-59(36-31-49(53)15-1)79(60-37-32-50-16-2-4-20-54(50)42-60)61-43-58(44-62(48-61)80(72-29-13-21-51-17-5-7-23-63(51)72)73-30-14-22-52-18-6-8-24-64(52)73)57-34-39-68-67-38-33-56(46-75(67)82-76(68)47-57)55-35-40-71-74(45-55)81-78-70-28-12-10-26-66(70)65-25-9-11-27-69(65)77(71)78/h1-38,40-48,68H,39H2. The molecule has 0 radical (unpaired) electrons. The summed E-state index contributed by atoms with van der Waals surface area (Å²) >= 11 is -0.529. The van der Waals surface area contributed by atoms with Gasteiger partial charge in [-0.25, -0.2) is 0 Å². The van der Waals surface area contributed by atoms with E-state index in [0.29, 0.717) is 5.92 Å². The summed E-state index contributed by atoms with van der Waals surface area (Å²) in [6.45, 7) is 0. The van der Waals surface area contributed by atoms with E-state index < -0.39 is 19.8 Å². The van der Waals surface area contributed by atoms with Crippen LogP contribution in [0.3, 0.4) is 0 Å². The second-order valence-corrected chi connectivity index (χ2v) is 28.2. The van der Waals surface area contributed by atoms with Crippen molar-refractivity contribution in [2.75, 3.05) is 4.90 Å². The van der Waals surface area contributed by atoms with Crippen molar-refractivity contribution in [1.29, 1.82) is 0 Å². The first-order valence-electron chi connectivity index (χ1n) is 28.2. The average molecular weight is 1180 g/mol. The Morgan fingerprint density at radius 2 is 0.939 bits per heavy atom. The molecule has 0 N–H and O–H groups in total. The van der Waals surface area contributed by atoms with E-state index in [4.69, 9.17) is 4.42 Å².